The van der Waals surface area contributed by atoms with Gasteiger partial charge in [0.15, 0.2) is 0 Å². The quantitative estimate of drug-likeness (QED) is 0.869. The molecule has 0 saturated carbocycles. The number of hydrogen-bond donors (Lipinski definition) is 2. The largest absolute Gasteiger partial charge is 0.354 e. The van der Waals surface area contributed by atoms with E-state index in [0.717, 1.165) is 12.1 Å². The fraction of sp³-hybridized carbons (Fsp3) is 0.385. The summed E-state index contributed by atoms with van der Waals surface area (Å²) in [5.41, 5.74) is 6.78. The lowest BCUT2D eigenvalue weighted by molar-refractivity contribution is 0.404. The summed E-state index contributed by atoms with van der Waals surface area (Å²) in [4.78, 5) is 9.82. The number of nitrogens with two attached hydrogens (primary N) is 1. The number of anilines is 1. The Bertz CT molecular complexity index is 476. The van der Waals surface area contributed by atoms with E-state index in [1.807, 2.05) is 23.8 Å². The maximum absolute atomic E-state index is 5.68. The molecule has 0 aliphatic rings. The fourth-order valence-corrected chi connectivity index (χ4v) is 2.08. The van der Waals surface area contributed by atoms with Crippen LogP contribution in [0.15, 0.2) is 29.9 Å². The van der Waals surface area contributed by atoms with Gasteiger partial charge in [0.05, 0.1) is 0 Å². The molecule has 0 unspecified atom stereocenters. The van der Waals surface area contributed by atoms with Crippen molar-refractivity contribution < 1.29 is 0 Å². The third kappa shape index (κ3) is 3.27. The van der Waals surface area contributed by atoms with Crippen LogP contribution in [0, 0.1) is 5.41 Å². The second-order valence-corrected chi connectivity index (χ2v) is 5.94. The predicted octanol–water partition coefficient (Wildman–Crippen LogP) is 2.60. The summed E-state index contributed by atoms with van der Waals surface area (Å²) < 4.78 is 0. The van der Waals surface area contributed by atoms with Crippen LogP contribution in [0.3, 0.4) is 0 Å². The van der Waals surface area contributed by atoms with Gasteiger partial charge in [-0.3, -0.25) is 0 Å². The second kappa shape index (κ2) is 5.46. The molecule has 0 saturated heterocycles. The van der Waals surface area contributed by atoms with Gasteiger partial charge < -0.3 is 11.1 Å². The Morgan fingerprint density at radius 3 is 2.61 bits per heavy atom. The molecular formula is C13H18N4S. The Balaban J connectivity index is 2.00. The van der Waals surface area contributed by atoms with Crippen LogP contribution >= 0.6 is 11.3 Å². The first-order valence-electron chi connectivity index (χ1n) is 5.91. The lowest BCUT2D eigenvalue weighted by Gasteiger charge is -2.22. The van der Waals surface area contributed by atoms with Crippen LogP contribution in [0.4, 0.5) is 5.95 Å². The van der Waals surface area contributed by atoms with Crippen LogP contribution in [0.25, 0.3) is 10.4 Å². The van der Waals surface area contributed by atoms with E-state index in [-0.39, 0.29) is 5.41 Å². The maximum Gasteiger partial charge on any atom is 0.222 e. The van der Waals surface area contributed by atoms with E-state index in [9.17, 15) is 0 Å². The van der Waals surface area contributed by atoms with Gasteiger partial charge in [-0.2, -0.15) is 0 Å². The van der Waals surface area contributed by atoms with E-state index < -0.39 is 0 Å². The van der Waals surface area contributed by atoms with Crippen molar-refractivity contribution in [2.24, 2.45) is 11.1 Å². The average Bonchev–Trinajstić information content (AvgIpc) is 2.91. The fourth-order valence-electron chi connectivity index (χ4n) is 1.38. The van der Waals surface area contributed by atoms with Gasteiger partial charge in [0.2, 0.25) is 5.95 Å². The lowest BCUT2D eigenvalue weighted by atomic mass is 9.94. The SMILES string of the molecule is CC(C)(CN)CNc1ncc(-c2cccs2)cn1. The van der Waals surface area contributed by atoms with Crippen LogP contribution in [0.1, 0.15) is 13.8 Å². The summed E-state index contributed by atoms with van der Waals surface area (Å²) in [6.45, 7) is 5.62. The van der Waals surface area contributed by atoms with Crippen molar-refractivity contribution in [1.29, 1.82) is 0 Å². The number of rotatable bonds is 5. The lowest BCUT2D eigenvalue weighted by Crippen LogP contribution is -2.31. The molecular weight excluding hydrogens is 244 g/mol. The van der Waals surface area contributed by atoms with Gasteiger partial charge in [-0.15, -0.1) is 11.3 Å². The number of nitrogens with zero attached hydrogens (tertiary/aromatic N) is 2. The summed E-state index contributed by atoms with van der Waals surface area (Å²) >= 11 is 1.69. The molecule has 0 aliphatic carbocycles. The van der Waals surface area contributed by atoms with Crippen LogP contribution in [0.5, 0.6) is 0 Å². The number of thiophene rings is 1. The topological polar surface area (TPSA) is 63.8 Å². The highest BCUT2D eigenvalue weighted by Gasteiger charge is 2.15. The molecule has 4 nitrogen and oxygen atoms in total. The molecule has 2 aromatic rings. The van der Waals surface area contributed by atoms with E-state index in [4.69, 9.17) is 5.73 Å². The number of nitrogens with one attached hydrogen (secondary N) is 1. The molecule has 2 aromatic heterocycles. The van der Waals surface area contributed by atoms with Crippen molar-refractivity contribution in [1.82, 2.24) is 9.97 Å². The van der Waals surface area contributed by atoms with Gasteiger partial charge in [-0.25, -0.2) is 9.97 Å². The van der Waals surface area contributed by atoms with E-state index in [1.54, 1.807) is 11.3 Å². The van der Waals surface area contributed by atoms with Gasteiger partial charge in [0, 0.05) is 29.4 Å². The van der Waals surface area contributed by atoms with Crippen LogP contribution in [-0.4, -0.2) is 23.1 Å². The summed E-state index contributed by atoms with van der Waals surface area (Å²) in [5, 5.41) is 5.26. The summed E-state index contributed by atoms with van der Waals surface area (Å²) in [7, 11) is 0. The van der Waals surface area contributed by atoms with Gasteiger partial charge in [-0.1, -0.05) is 19.9 Å². The Kier molecular flexibility index (Phi) is 3.93. The predicted molar refractivity (Wildman–Crippen MR) is 76.7 cm³/mol. The Labute approximate surface area is 111 Å². The molecule has 0 radical (unpaired) electrons. The Morgan fingerprint density at radius 1 is 1.33 bits per heavy atom. The molecule has 2 rings (SSSR count). The number of aromatic nitrogens is 2. The standard InChI is InChI=1S/C13H18N4S/c1-13(2,8-14)9-17-12-15-6-10(7-16-12)11-4-3-5-18-11/h3-7H,8-9,14H2,1-2H3,(H,15,16,17). The van der Waals surface area contributed by atoms with Crippen molar-refractivity contribution in [3.63, 3.8) is 0 Å². The highest BCUT2D eigenvalue weighted by Crippen LogP contribution is 2.23. The van der Waals surface area contributed by atoms with Crippen molar-refractivity contribution >= 4 is 17.3 Å². The van der Waals surface area contributed by atoms with E-state index >= 15 is 0 Å². The van der Waals surface area contributed by atoms with Crippen molar-refractivity contribution in [3.05, 3.63) is 29.9 Å². The normalized spacial score (nSPS) is 11.5. The van der Waals surface area contributed by atoms with Crippen molar-refractivity contribution in [2.75, 3.05) is 18.4 Å². The van der Waals surface area contributed by atoms with E-state index in [1.165, 1.54) is 4.88 Å². The van der Waals surface area contributed by atoms with Gasteiger partial charge in [0.25, 0.3) is 0 Å². The molecule has 0 amide bonds. The van der Waals surface area contributed by atoms with Gasteiger partial charge in [-0.05, 0) is 23.4 Å². The van der Waals surface area contributed by atoms with Crippen LogP contribution < -0.4 is 11.1 Å². The highest BCUT2D eigenvalue weighted by atomic mass is 32.1. The molecule has 96 valence electrons. The van der Waals surface area contributed by atoms with Gasteiger partial charge in [0.1, 0.15) is 0 Å². The zero-order valence-corrected chi connectivity index (χ0v) is 11.5. The Hall–Kier alpha value is -1.46. The monoisotopic (exact) mass is 262 g/mol. The minimum atomic E-state index is 0.0514. The first-order chi connectivity index (χ1) is 8.61. The highest BCUT2D eigenvalue weighted by molar-refractivity contribution is 7.13. The molecule has 0 spiro atoms. The van der Waals surface area contributed by atoms with Crippen LogP contribution in [-0.2, 0) is 0 Å². The minimum Gasteiger partial charge on any atom is -0.354 e. The summed E-state index contributed by atoms with van der Waals surface area (Å²) in [6, 6.07) is 4.09. The molecule has 5 heteroatoms. The molecule has 0 atom stereocenters. The average molecular weight is 262 g/mol. The smallest absolute Gasteiger partial charge is 0.222 e. The molecule has 0 aliphatic heterocycles. The summed E-state index contributed by atoms with van der Waals surface area (Å²) in [6.07, 6.45) is 3.69. The van der Waals surface area contributed by atoms with Gasteiger partial charge >= 0.3 is 0 Å². The minimum absolute atomic E-state index is 0.0514. The third-order valence-corrected chi connectivity index (χ3v) is 3.65. The zero-order valence-electron chi connectivity index (χ0n) is 10.7. The zero-order chi connectivity index (χ0) is 13.0. The number of hydrogen-bond acceptors (Lipinski definition) is 5. The van der Waals surface area contributed by atoms with Crippen molar-refractivity contribution in [3.8, 4) is 10.4 Å². The first kappa shape index (κ1) is 13.0. The van der Waals surface area contributed by atoms with E-state index in [0.29, 0.717) is 12.5 Å². The second-order valence-electron chi connectivity index (χ2n) is 4.99. The molecule has 0 bridgehead atoms. The molecule has 0 fully saturated rings. The first-order valence-corrected chi connectivity index (χ1v) is 6.78. The van der Waals surface area contributed by atoms with Crippen molar-refractivity contribution in [2.45, 2.75) is 13.8 Å². The van der Waals surface area contributed by atoms with E-state index in [2.05, 4.69) is 35.2 Å². The maximum atomic E-state index is 5.68. The third-order valence-electron chi connectivity index (χ3n) is 2.74. The molecule has 2 heterocycles. The summed E-state index contributed by atoms with van der Waals surface area (Å²) in [5.74, 6) is 0.650. The van der Waals surface area contributed by atoms with Crippen LogP contribution in [0.2, 0.25) is 0 Å². The molecule has 0 aromatic carbocycles. The Morgan fingerprint density at radius 2 is 2.06 bits per heavy atom. The molecule has 18 heavy (non-hydrogen) atoms. The molecule has 3 N–H and O–H groups in total.